The molecular weight excluding hydrogens is 332 g/mol. The van der Waals surface area contributed by atoms with Crippen LogP contribution in [-0.4, -0.2) is 12.6 Å². The third-order valence-electron chi connectivity index (χ3n) is 6.75. The van der Waals surface area contributed by atoms with Crippen molar-refractivity contribution in [3.63, 3.8) is 0 Å². The van der Waals surface area contributed by atoms with E-state index in [1.165, 1.54) is 24.1 Å². The van der Waals surface area contributed by atoms with Crippen LogP contribution in [0.15, 0.2) is 5.51 Å². The fourth-order valence-corrected chi connectivity index (χ4v) is 7.25. The molecule has 0 aromatic carbocycles. The first-order valence-electron chi connectivity index (χ1n) is 9.44. The van der Waals surface area contributed by atoms with Gasteiger partial charge >= 0.3 is 5.97 Å². The van der Waals surface area contributed by atoms with Crippen LogP contribution >= 0.6 is 11.3 Å². The van der Waals surface area contributed by atoms with Gasteiger partial charge in [0.05, 0.1) is 16.9 Å². The molecule has 5 rings (SSSR count). The van der Waals surface area contributed by atoms with Crippen LogP contribution < -0.4 is 4.57 Å². The summed E-state index contributed by atoms with van der Waals surface area (Å²) in [5.41, 5.74) is 3.28. The zero-order chi connectivity index (χ0) is 17.7. The number of nitrogens with zero attached hydrogens (tertiary/aromatic N) is 2. The van der Waals surface area contributed by atoms with Crippen LogP contribution in [0.3, 0.4) is 0 Å². The molecule has 0 amide bonds. The van der Waals surface area contributed by atoms with E-state index in [4.69, 9.17) is 10.00 Å². The number of hydrogen-bond donors (Lipinski definition) is 0. The monoisotopic (exact) mass is 359 g/mol. The molecule has 4 fully saturated rings. The number of carbonyl (C=O) groups excluding carboxylic acids is 1. The Morgan fingerprint density at radius 1 is 1.40 bits per heavy atom. The average Bonchev–Trinajstić information content (AvgIpc) is 2.86. The molecule has 0 spiro atoms. The molecule has 1 aromatic rings. The van der Waals surface area contributed by atoms with Gasteiger partial charge in [-0.2, -0.15) is 9.83 Å². The lowest BCUT2D eigenvalue weighted by atomic mass is 9.44. The van der Waals surface area contributed by atoms with Crippen molar-refractivity contribution in [2.24, 2.45) is 22.7 Å². The van der Waals surface area contributed by atoms with Gasteiger partial charge in [-0.1, -0.05) is 18.3 Å². The second-order valence-corrected chi connectivity index (χ2v) is 9.90. The number of carbonyl (C=O) groups is 1. The zero-order valence-electron chi connectivity index (χ0n) is 15.2. The van der Waals surface area contributed by atoms with Crippen molar-refractivity contribution < 1.29 is 14.1 Å². The van der Waals surface area contributed by atoms with Gasteiger partial charge in [0.25, 0.3) is 0 Å². The highest BCUT2D eigenvalue weighted by atomic mass is 32.1. The van der Waals surface area contributed by atoms with E-state index in [0.717, 1.165) is 43.2 Å². The minimum absolute atomic E-state index is 0.0620. The second kappa shape index (κ2) is 6.09. The number of hydrogen-bond acceptors (Lipinski definition) is 4. The van der Waals surface area contributed by atoms with Crippen LogP contribution in [0.25, 0.3) is 0 Å². The third kappa shape index (κ3) is 2.99. The van der Waals surface area contributed by atoms with Crippen LogP contribution in [-0.2, 0) is 22.5 Å². The van der Waals surface area contributed by atoms with Gasteiger partial charge in [-0.15, -0.1) is 0 Å². The highest BCUT2D eigenvalue weighted by Crippen LogP contribution is 2.65. The van der Waals surface area contributed by atoms with Crippen molar-refractivity contribution in [2.75, 3.05) is 6.61 Å². The van der Waals surface area contributed by atoms with Crippen molar-refractivity contribution in [1.82, 2.24) is 0 Å². The van der Waals surface area contributed by atoms with E-state index in [2.05, 4.69) is 13.0 Å². The van der Waals surface area contributed by atoms with Crippen molar-refractivity contribution in [1.29, 1.82) is 5.26 Å². The lowest BCUT2D eigenvalue weighted by Crippen LogP contribution is -2.54. The number of esters is 1. The van der Waals surface area contributed by atoms with Gasteiger partial charge in [0, 0.05) is 13.3 Å². The van der Waals surface area contributed by atoms with Crippen molar-refractivity contribution in [3.8, 4) is 6.07 Å². The Hall–Kier alpha value is -1.41. The first-order chi connectivity index (χ1) is 11.9. The number of aromatic nitrogens is 1. The van der Waals surface area contributed by atoms with E-state index in [0.29, 0.717) is 18.6 Å². The van der Waals surface area contributed by atoms with Crippen LogP contribution in [0.1, 0.15) is 56.0 Å². The quantitative estimate of drug-likeness (QED) is 0.597. The molecule has 5 heteroatoms. The molecule has 4 bridgehead atoms. The Balaban J connectivity index is 1.38. The maximum atomic E-state index is 13.0. The Labute approximate surface area is 153 Å². The first kappa shape index (κ1) is 17.0. The molecule has 4 aliphatic carbocycles. The number of rotatable bonds is 5. The van der Waals surface area contributed by atoms with E-state index in [1.807, 2.05) is 17.0 Å². The summed E-state index contributed by atoms with van der Waals surface area (Å²) in [4.78, 5) is 14.2. The lowest BCUT2D eigenvalue weighted by Gasteiger charge is -2.59. The van der Waals surface area contributed by atoms with Crippen LogP contribution in [0.2, 0.25) is 0 Å². The molecule has 4 saturated carbocycles. The second-order valence-electron chi connectivity index (χ2n) is 8.96. The molecule has 4 aliphatic rings. The fourth-order valence-electron chi connectivity index (χ4n) is 6.27. The SMILES string of the molecule is Cc1c(CCOC(=O)C23CC4CC(CC(C)(C4)C2)C3)sc[n+]1CC#N. The largest absolute Gasteiger partial charge is 0.465 e. The van der Waals surface area contributed by atoms with Gasteiger partial charge in [0.15, 0.2) is 5.69 Å². The molecule has 134 valence electrons. The Kier molecular flexibility index (Phi) is 4.15. The van der Waals surface area contributed by atoms with E-state index in [-0.39, 0.29) is 11.4 Å². The lowest BCUT2D eigenvalue weighted by molar-refractivity contribution is -0.686. The molecule has 0 aliphatic heterocycles. The van der Waals surface area contributed by atoms with E-state index >= 15 is 0 Å². The van der Waals surface area contributed by atoms with Crippen molar-refractivity contribution in [2.45, 2.75) is 65.3 Å². The molecule has 2 unspecified atom stereocenters. The minimum Gasteiger partial charge on any atom is -0.465 e. The Morgan fingerprint density at radius 3 is 2.76 bits per heavy atom. The summed E-state index contributed by atoms with van der Waals surface area (Å²) in [7, 11) is 0. The Morgan fingerprint density at radius 2 is 2.12 bits per heavy atom. The normalized spacial score (nSPS) is 35.6. The molecule has 4 nitrogen and oxygen atoms in total. The summed E-state index contributed by atoms with van der Waals surface area (Å²) in [5.74, 6) is 1.54. The van der Waals surface area contributed by atoms with Gasteiger partial charge in [0.1, 0.15) is 6.07 Å². The summed E-state index contributed by atoms with van der Waals surface area (Å²) in [6.07, 6.45) is 7.85. The van der Waals surface area contributed by atoms with Gasteiger partial charge in [-0.05, 0) is 55.8 Å². The van der Waals surface area contributed by atoms with Gasteiger partial charge in [-0.25, -0.2) is 0 Å². The fraction of sp³-hybridized carbons (Fsp3) is 0.750. The van der Waals surface area contributed by atoms with Crippen LogP contribution in [0.5, 0.6) is 0 Å². The standard InChI is InChI=1S/C20H27N2O2S/c1-14-17(25-13-22(14)5-4-21)3-6-24-18(23)20-10-15-7-16(11-20)9-19(2,8-15)12-20/h13,15-16H,3,5-12H2,1-2H3/q+1. The van der Waals surface area contributed by atoms with E-state index in [1.54, 1.807) is 11.3 Å². The summed E-state index contributed by atoms with van der Waals surface area (Å²) in [6, 6.07) is 2.17. The maximum Gasteiger partial charge on any atom is 0.312 e. The van der Waals surface area contributed by atoms with E-state index in [9.17, 15) is 4.79 Å². The Bertz CT molecular complexity index is 719. The van der Waals surface area contributed by atoms with Crippen molar-refractivity contribution >= 4 is 17.3 Å². The highest BCUT2D eigenvalue weighted by Gasteiger charge is 2.59. The molecule has 1 heterocycles. The summed E-state index contributed by atoms with van der Waals surface area (Å²) >= 11 is 1.65. The predicted octanol–water partition coefficient (Wildman–Crippen LogP) is 3.56. The van der Waals surface area contributed by atoms with Crippen LogP contribution in [0.4, 0.5) is 0 Å². The van der Waals surface area contributed by atoms with Gasteiger partial charge in [0.2, 0.25) is 12.1 Å². The molecule has 0 N–H and O–H groups in total. The molecule has 2 atom stereocenters. The highest BCUT2D eigenvalue weighted by molar-refractivity contribution is 7.09. The zero-order valence-corrected chi connectivity index (χ0v) is 16.0. The number of thiazole rings is 1. The average molecular weight is 360 g/mol. The topological polar surface area (TPSA) is 54.0 Å². The molecular formula is C20H27N2O2S+. The maximum absolute atomic E-state index is 13.0. The van der Waals surface area contributed by atoms with Gasteiger partial charge < -0.3 is 4.74 Å². The summed E-state index contributed by atoms with van der Waals surface area (Å²) in [6.45, 7) is 5.26. The predicted molar refractivity (Wildman–Crippen MR) is 94.7 cm³/mol. The molecule has 1 aromatic heterocycles. The third-order valence-corrected chi connectivity index (χ3v) is 7.89. The van der Waals surface area contributed by atoms with E-state index < -0.39 is 0 Å². The minimum atomic E-state index is -0.190. The smallest absolute Gasteiger partial charge is 0.312 e. The van der Waals surface area contributed by atoms with Crippen molar-refractivity contribution in [3.05, 3.63) is 16.1 Å². The number of ether oxygens (including phenoxy) is 1. The summed E-state index contributed by atoms with van der Waals surface area (Å²) < 4.78 is 7.75. The first-order valence-corrected chi connectivity index (χ1v) is 10.3. The molecule has 25 heavy (non-hydrogen) atoms. The van der Waals surface area contributed by atoms with Gasteiger partial charge in [-0.3, -0.25) is 4.79 Å². The number of nitriles is 1. The molecule has 0 radical (unpaired) electrons. The molecule has 0 saturated heterocycles. The summed E-state index contributed by atoms with van der Waals surface area (Å²) in [5, 5.41) is 8.84. The van der Waals surface area contributed by atoms with Crippen LogP contribution in [0, 0.1) is 40.9 Å².